The molecule has 2 heterocycles. The average Bonchev–Trinajstić information content (AvgIpc) is 3.07. The first kappa shape index (κ1) is 20.7. The lowest BCUT2D eigenvalue weighted by Gasteiger charge is -2.35. The fourth-order valence-electron chi connectivity index (χ4n) is 3.16. The molecule has 1 saturated heterocycles. The Kier molecular flexibility index (Phi) is 7.14. The fourth-order valence-corrected chi connectivity index (χ4v) is 3.16. The number of nitrogens with one attached hydrogen (secondary N) is 2. The standard InChI is InChI=1S/C17H22N6O3.ClH/c1-21-10-9-20-17(21)15-12-18-8-11-22(15)16(24)6-7-19-13-4-2-3-5-14(13)23(25)26;/h2-5,9-10,15,18-19H,6-8,11-12H2,1H3;1H. The van der Waals surface area contributed by atoms with Crippen molar-refractivity contribution in [3.63, 3.8) is 0 Å². The molecule has 0 saturated carbocycles. The molecule has 1 aliphatic heterocycles. The van der Waals surface area contributed by atoms with Gasteiger partial charge in [0.1, 0.15) is 17.6 Å². The molecular weight excluding hydrogens is 372 g/mol. The highest BCUT2D eigenvalue weighted by molar-refractivity contribution is 5.85. The van der Waals surface area contributed by atoms with E-state index in [4.69, 9.17) is 0 Å². The van der Waals surface area contributed by atoms with Gasteiger partial charge in [0, 0.05) is 58.1 Å². The third kappa shape index (κ3) is 4.75. The van der Waals surface area contributed by atoms with E-state index in [9.17, 15) is 14.9 Å². The number of amides is 1. The number of hydrogen-bond acceptors (Lipinski definition) is 6. The Balaban J connectivity index is 0.00000261. The van der Waals surface area contributed by atoms with Crippen molar-refractivity contribution < 1.29 is 9.72 Å². The van der Waals surface area contributed by atoms with Crippen LogP contribution >= 0.6 is 12.4 Å². The van der Waals surface area contributed by atoms with Crippen LogP contribution in [0, 0.1) is 10.1 Å². The minimum Gasteiger partial charge on any atom is -0.379 e. The minimum absolute atomic E-state index is 0. The van der Waals surface area contributed by atoms with Crippen molar-refractivity contribution in [2.45, 2.75) is 12.5 Å². The molecule has 0 radical (unpaired) electrons. The number of piperazine rings is 1. The van der Waals surface area contributed by atoms with E-state index in [0.29, 0.717) is 25.3 Å². The van der Waals surface area contributed by atoms with E-state index in [2.05, 4.69) is 15.6 Å². The van der Waals surface area contributed by atoms with E-state index in [-0.39, 0.29) is 36.5 Å². The lowest BCUT2D eigenvalue weighted by Crippen LogP contribution is -2.49. The maximum absolute atomic E-state index is 12.7. The van der Waals surface area contributed by atoms with Crippen molar-refractivity contribution in [2.24, 2.45) is 7.05 Å². The second kappa shape index (κ2) is 9.33. The Morgan fingerprint density at radius 3 is 2.93 bits per heavy atom. The zero-order chi connectivity index (χ0) is 18.5. The highest BCUT2D eigenvalue weighted by Crippen LogP contribution is 2.24. The van der Waals surface area contributed by atoms with Gasteiger partial charge in [-0.05, 0) is 6.07 Å². The average molecular weight is 395 g/mol. The molecule has 10 heteroatoms. The maximum atomic E-state index is 12.7. The number of nitro benzene ring substituents is 1. The van der Waals surface area contributed by atoms with Gasteiger partial charge in [-0.2, -0.15) is 0 Å². The summed E-state index contributed by atoms with van der Waals surface area (Å²) in [6, 6.07) is 6.32. The van der Waals surface area contributed by atoms with E-state index in [0.717, 1.165) is 12.4 Å². The highest BCUT2D eigenvalue weighted by atomic mass is 35.5. The van der Waals surface area contributed by atoms with Crippen LogP contribution in [0.3, 0.4) is 0 Å². The number of imidazole rings is 1. The quantitative estimate of drug-likeness (QED) is 0.571. The van der Waals surface area contributed by atoms with Gasteiger partial charge in [0.25, 0.3) is 5.69 Å². The summed E-state index contributed by atoms with van der Waals surface area (Å²) < 4.78 is 1.92. The summed E-state index contributed by atoms with van der Waals surface area (Å²) in [5.41, 5.74) is 0.430. The van der Waals surface area contributed by atoms with Gasteiger partial charge in [-0.1, -0.05) is 12.1 Å². The number of para-hydroxylation sites is 2. The number of rotatable bonds is 6. The SMILES string of the molecule is Cl.Cn1ccnc1C1CNCCN1C(=O)CCNc1ccccc1[N+](=O)[O-]. The predicted octanol–water partition coefficient (Wildman–Crippen LogP) is 1.73. The molecule has 1 amide bonds. The number of anilines is 1. The van der Waals surface area contributed by atoms with Crippen LogP contribution in [0.2, 0.25) is 0 Å². The maximum Gasteiger partial charge on any atom is 0.292 e. The molecule has 0 bridgehead atoms. The normalized spacial score (nSPS) is 16.5. The Hall–Kier alpha value is -2.65. The molecular formula is C17H23ClN6O3. The van der Waals surface area contributed by atoms with Crippen molar-refractivity contribution in [3.8, 4) is 0 Å². The molecule has 1 fully saturated rings. The van der Waals surface area contributed by atoms with Gasteiger partial charge in [-0.25, -0.2) is 4.98 Å². The van der Waals surface area contributed by atoms with Crippen LogP contribution in [-0.2, 0) is 11.8 Å². The summed E-state index contributed by atoms with van der Waals surface area (Å²) >= 11 is 0. The zero-order valence-corrected chi connectivity index (χ0v) is 15.8. The molecule has 2 aromatic rings. The molecule has 27 heavy (non-hydrogen) atoms. The van der Waals surface area contributed by atoms with Crippen molar-refractivity contribution in [2.75, 3.05) is 31.5 Å². The molecule has 0 aliphatic carbocycles. The van der Waals surface area contributed by atoms with E-state index in [1.165, 1.54) is 6.07 Å². The van der Waals surface area contributed by atoms with Gasteiger partial charge in [0.05, 0.1) is 4.92 Å². The molecule has 1 aliphatic rings. The van der Waals surface area contributed by atoms with E-state index in [1.54, 1.807) is 24.4 Å². The Morgan fingerprint density at radius 1 is 1.44 bits per heavy atom. The molecule has 1 atom stereocenters. The minimum atomic E-state index is -0.433. The van der Waals surface area contributed by atoms with Crippen LogP contribution in [-0.4, -0.2) is 51.5 Å². The number of aromatic nitrogens is 2. The molecule has 0 spiro atoms. The topological polar surface area (TPSA) is 105 Å². The van der Waals surface area contributed by atoms with E-state index >= 15 is 0 Å². The number of nitrogens with zero attached hydrogens (tertiary/aromatic N) is 4. The van der Waals surface area contributed by atoms with E-state index in [1.807, 2.05) is 22.7 Å². The van der Waals surface area contributed by atoms with Crippen molar-refractivity contribution in [1.29, 1.82) is 0 Å². The van der Waals surface area contributed by atoms with Crippen molar-refractivity contribution >= 4 is 29.7 Å². The van der Waals surface area contributed by atoms with Gasteiger partial charge in [-0.15, -0.1) is 12.4 Å². The van der Waals surface area contributed by atoms with Gasteiger partial charge >= 0.3 is 0 Å². The van der Waals surface area contributed by atoms with Gasteiger partial charge in [0.2, 0.25) is 5.91 Å². The lowest BCUT2D eigenvalue weighted by atomic mass is 10.1. The monoisotopic (exact) mass is 394 g/mol. The molecule has 1 unspecified atom stereocenters. The molecule has 9 nitrogen and oxygen atoms in total. The molecule has 3 rings (SSSR count). The first-order valence-electron chi connectivity index (χ1n) is 8.52. The van der Waals surface area contributed by atoms with Gasteiger partial charge in [0.15, 0.2) is 0 Å². The number of carbonyl (C=O) groups is 1. The summed E-state index contributed by atoms with van der Waals surface area (Å²) in [4.78, 5) is 29.5. The third-order valence-corrected chi connectivity index (χ3v) is 4.48. The first-order valence-corrected chi connectivity index (χ1v) is 8.52. The van der Waals surface area contributed by atoms with Gasteiger partial charge in [-0.3, -0.25) is 14.9 Å². The van der Waals surface area contributed by atoms with Crippen molar-refractivity contribution in [3.05, 3.63) is 52.6 Å². The number of aryl methyl sites for hydroxylation is 1. The molecule has 1 aromatic heterocycles. The lowest BCUT2D eigenvalue weighted by molar-refractivity contribution is -0.384. The largest absolute Gasteiger partial charge is 0.379 e. The second-order valence-corrected chi connectivity index (χ2v) is 6.15. The van der Waals surface area contributed by atoms with Crippen LogP contribution in [0.4, 0.5) is 11.4 Å². The number of halogens is 1. The smallest absolute Gasteiger partial charge is 0.292 e. The van der Waals surface area contributed by atoms with Crippen LogP contribution in [0.5, 0.6) is 0 Å². The number of benzene rings is 1. The number of hydrogen-bond donors (Lipinski definition) is 2. The van der Waals surface area contributed by atoms with Crippen LogP contribution < -0.4 is 10.6 Å². The molecule has 146 valence electrons. The Labute approximate surface area is 163 Å². The van der Waals surface area contributed by atoms with Crippen molar-refractivity contribution in [1.82, 2.24) is 19.8 Å². The molecule has 1 aromatic carbocycles. The summed E-state index contributed by atoms with van der Waals surface area (Å²) in [6.45, 7) is 2.35. The predicted molar refractivity (Wildman–Crippen MR) is 104 cm³/mol. The number of nitro groups is 1. The highest BCUT2D eigenvalue weighted by Gasteiger charge is 2.30. The summed E-state index contributed by atoms with van der Waals surface area (Å²) in [5.74, 6) is 0.850. The molecule has 2 N–H and O–H groups in total. The second-order valence-electron chi connectivity index (χ2n) is 6.15. The zero-order valence-electron chi connectivity index (χ0n) is 15.0. The Bertz CT molecular complexity index is 796. The third-order valence-electron chi connectivity index (χ3n) is 4.48. The summed E-state index contributed by atoms with van der Waals surface area (Å²) in [6.07, 6.45) is 3.85. The first-order chi connectivity index (χ1) is 12.6. The van der Waals surface area contributed by atoms with E-state index < -0.39 is 4.92 Å². The van der Waals surface area contributed by atoms with Gasteiger partial charge < -0.3 is 20.1 Å². The van der Waals surface area contributed by atoms with Crippen LogP contribution in [0.15, 0.2) is 36.7 Å². The van der Waals surface area contributed by atoms with Crippen LogP contribution in [0.25, 0.3) is 0 Å². The van der Waals surface area contributed by atoms with Crippen LogP contribution in [0.1, 0.15) is 18.3 Å². The summed E-state index contributed by atoms with van der Waals surface area (Å²) in [5, 5.41) is 17.3. The Morgan fingerprint density at radius 2 is 2.22 bits per heavy atom. The summed E-state index contributed by atoms with van der Waals surface area (Å²) in [7, 11) is 1.91. The fraction of sp³-hybridized carbons (Fsp3) is 0.412. The number of carbonyl (C=O) groups excluding carboxylic acids is 1.